The number of fused-ring (bicyclic) bond motifs is 1. The fourth-order valence-corrected chi connectivity index (χ4v) is 1.05. The van der Waals surface area contributed by atoms with Crippen molar-refractivity contribution in [3.8, 4) is 17.1 Å². The lowest BCUT2D eigenvalue weighted by Gasteiger charge is -2.01. The zero-order valence-electron chi connectivity index (χ0n) is 6.15. The van der Waals surface area contributed by atoms with Gasteiger partial charge >= 0.3 is 0 Å². The molecular formula is C9H6O3. The first kappa shape index (κ1) is 6.91. The van der Waals surface area contributed by atoms with Gasteiger partial charge in [0.1, 0.15) is 12.0 Å². The number of benzene rings is 1. The van der Waals surface area contributed by atoms with Crippen molar-refractivity contribution in [2.45, 2.75) is 0 Å². The fraction of sp³-hybridized carbons (Fsp3) is 0. The Kier molecular flexibility index (Phi) is 1.37. The zero-order valence-corrected chi connectivity index (χ0v) is 6.15. The van der Waals surface area contributed by atoms with Gasteiger partial charge in [-0.25, -0.2) is 0 Å². The maximum atomic E-state index is 10.8. The maximum absolute atomic E-state index is 10.8. The summed E-state index contributed by atoms with van der Waals surface area (Å²) in [5, 5.41) is 9.03. The molecule has 0 aromatic rings. The van der Waals surface area contributed by atoms with Crippen LogP contribution in [0.25, 0.3) is 11.3 Å². The van der Waals surface area contributed by atoms with Crippen molar-refractivity contribution in [1.29, 1.82) is 0 Å². The van der Waals surface area contributed by atoms with Gasteiger partial charge in [-0.2, -0.15) is 0 Å². The Morgan fingerprint density at radius 1 is 1.25 bits per heavy atom. The molecule has 0 atom stereocenters. The Bertz CT molecular complexity index is 430. The summed E-state index contributed by atoms with van der Waals surface area (Å²) < 4.78 is 4.97. The highest BCUT2D eigenvalue weighted by molar-refractivity contribution is 5.59. The van der Waals surface area contributed by atoms with Gasteiger partial charge < -0.3 is 9.52 Å². The van der Waals surface area contributed by atoms with E-state index in [1.165, 1.54) is 24.5 Å². The SMILES string of the molecule is O=c1ccc2cc(O)coc-2c1. The molecule has 0 aromatic heterocycles. The van der Waals surface area contributed by atoms with Crippen LogP contribution in [0.1, 0.15) is 0 Å². The molecule has 1 heterocycles. The molecule has 2 rings (SSSR count). The van der Waals surface area contributed by atoms with Crippen LogP contribution >= 0.6 is 0 Å². The van der Waals surface area contributed by atoms with E-state index in [4.69, 9.17) is 9.52 Å². The molecule has 0 fully saturated rings. The number of aromatic hydroxyl groups is 1. The van der Waals surface area contributed by atoms with Crippen molar-refractivity contribution in [3.05, 3.63) is 40.8 Å². The molecule has 0 spiro atoms. The summed E-state index contributed by atoms with van der Waals surface area (Å²) in [6, 6.07) is 5.96. The summed E-state index contributed by atoms with van der Waals surface area (Å²) in [5.74, 6) is 0.543. The molecule has 0 saturated heterocycles. The third kappa shape index (κ3) is 1.05. The van der Waals surface area contributed by atoms with Crippen LogP contribution in [0, 0.1) is 0 Å². The minimum atomic E-state index is -0.100. The van der Waals surface area contributed by atoms with Crippen molar-refractivity contribution >= 4 is 0 Å². The maximum Gasteiger partial charge on any atom is 0.182 e. The average Bonchev–Trinajstić information content (AvgIpc) is 2.05. The van der Waals surface area contributed by atoms with E-state index in [0.29, 0.717) is 5.76 Å². The zero-order chi connectivity index (χ0) is 8.55. The predicted octanol–water partition coefficient (Wildman–Crippen LogP) is 1.45. The molecule has 1 aliphatic carbocycles. The molecule has 0 bridgehead atoms. The fourth-order valence-electron chi connectivity index (χ4n) is 1.05. The Hall–Kier alpha value is -1.77. The summed E-state index contributed by atoms with van der Waals surface area (Å²) in [6.07, 6.45) is 1.20. The van der Waals surface area contributed by atoms with E-state index >= 15 is 0 Å². The van der Waals surface area contributed by atoms with Gasteiger partial charge in [-0.3, -0.25) is 4.79 Å². The molecule has 3 heteroatoms. The van der Waals surface area contributed by atoms with E-state index in [-0.39, 0.29) is 11.2 Å². The number of rotatable bonds is 0. The van der Waals surface area contributed by atoms with Gasteiger partial charge in [0.2, 0.25) is 0 Å². The Morgan fingerprint density at radius 3 is 2.92 bits per heavy atom. The first-order valence-corrected chi connectivity index (χ1v) is 3.47. The first-order valence-electron chi connectivity index (χ1n) is 3.47. The van der Waals surface area contributed by atoms with Crippen LogP contribution in [0.15, 0.2) is 39.7 Å². The Morgan fingerprint density at radius 2 is 2.08 bits per heavy atom. The summed E-state index contributed by atoms with van der Waals surface area (Å²) in [6.45, 7) is 0. The van der Waals surface area contributed by atoms with Gasteiger partial charge in [0.25, 0.3) is 0 Å². The van der Waals surface area contributed by atoms with Crippen molar-refractivity contribution in [3.63, 3.8) is 0 Å². The van der Waals surface area contributed by atoms with E-state index in [2.05, 4.69) is 0 Å². The molecule has 0 radical (unpaired) electrons. The summed E-state index contributed by atoms with van der Waals surface area (Å²) >= 11 is 0. The molecule has 0 aromatic carbocycles. The standard InChI is InChI=1S/C9H6O3/c10-7-2-1-6-3-8(11)5-12-9(6)4-7/h1-5,11H. The number of hydrogen-bond donors (Lipinski definition) is 1. The van der Waals surface area contributed by atoms with Gasteiger partial charge in [0.15, 0.2) is 11.2 Å². The molecule has 1 N–H and O–H groups in total. The molecule has 3 nitrogen and oxygen atoms in total. The average molecular weight is 162 g/mol. The van der Waals surface area contributed by atoms with Crippen molar-refractivity contribution in [2.75, 3.05) is 0 Å². The smallest absolute Gasteiger partial charge is 0.182 e. The van der Waals surface area contributed by atoms with E-state index in [9.17, 15) is 4.79 Å². The van der Waals surface area contributed by atoms with Gasteiger partial charge in [-0.1, -0.05) is 0 Å². The second-order valence-corrected chi connectivity index (χ2v) is 2.50. The summed E-state index contributed by atoms with van der Waals surface area (Å²) in [5.41, 5.74) is 0.617. The second kappa shape index (κ2) is 2.37. The van der Waals surface area contributed by atoms with Crippen LogP contribution < -0.4 is 5.43 Å². The van der Waals surface area contributed by atoms with Crippen molar-refractivity contribution in [2.24, 2.45) is 0 Å². The van der Waals surface area contributed by atoms with Gasteiger partial charge in [-0.05, 0) is 18.2 Å². The second-order valence-electron chi connectivity index (χ2n) is 2.50. The minimum Gasteiger partial charge on any atom is -0.505 e. The van der Waals surface area contributed by atoms with Crippen LogP contribution in [0.4, 0.5) is 0 Å². The molecule has 0 unspecified atom stereocenters. The lowest BCUT2D eigenvalue weighted by molar-refractivity contribution is 0.438. The van der Waals surface area contributed by atoms with Crippen molar-refractivity contribution in [1.82, 2.24) is 0 Å². The summed E-state index contributed by atoms with van der Waals surface area (Å²) in [4.78, 5) is 10.8. The normalized spacial score (nSPS) is 10.3. The number of hydrogen-bond acceptors (Lipinski definition) is 3. The lowest BCUT2D eigenvalue weighted by Crippen LogP contribution is -1.96. The lowest BCUT2D eigenvalue weighted by atomic mass is 10.1. The molecule has 0 amide bonds. The molecule has 1 aliphatic heterocycles. The van der Waals surface area contributed by atoms with Crippen molar-refractivity contribution < 1.29 is 9.52 Å². The molecular weight excluding hydrogens is 156 g/mol. The molecule has 60 valence electrons. The van der Waals surface area contributed by atoms with E-state index in [0.717, 1.165) is 5.56 Å². The summed E-state index contributed by atoms with van der Waals surface area (Å²) in [7, 11) is 0. The van der Waals surface area contributed by atoms with Gasteiger partial charge in [-0.15, -0.1) is 0 Å². The quantitative estimate of drug-likeness (QED) is 0.637. The highest BCUT2D eigenvalue weighted by Gasteiger charge is 2.04. The third-order valence-corrected chi connectivity index (χ3v) is 1.60. The first-order chi connectivity index (χ1) is 5.75. The van der Waals surface area contributed by atoms with Crippen LogP contribution in [-0.4, -0.2) is 5.11 Å². The topological polar surface area (TPSA) is 50.4 Å². The highest BCUT2D eigenvalue weighted by atomic mass is 16.3. The van der Waals surface area contributed by atoms with Gasteiger partial charge in [0, 0.05) is 11.6 Å². The highest BCUT2D eigenvalue weighted by Crippen LogP contribution is 2.23. The van der Waals surface area contributed by atoms with Crippen LogP contribution in [-0.2, 0) is 0 Å². The van der Waals surface area contributed by atoms with Crippen LogP contribution in [0.3, 0.4) is 0 Å². The van der Waals surface area contributed by atoms with E-state index in [1.807, 2.05) is 0 Å². The van der Waals surface area contributed by atoms with E-state index < -0.39 is 0 Å². The van der Waals surface area contributed by atoms with E-state index in [1.54, 1.807) is 6.07 Å². The Balaban J connectivity index is 2.80. The molecule has 12 heavy (non-hydrogen) atoms. The monoisotopic (exact) mass is 162 g/mol. The van der Waals surface area contributed by atoms with Gasteiger partial charge in [0.05, 0.1) is 0 Å². The largest absolute Gasteiger partial charge is 0.505 e. The van der Waals surface area contributed by atoms with Crippen LogP contribution in [0.2, 0.25) is 0 Å². The molecule has 0 saturated carbocycles. The minimum absolute atomic E-state index is 0.0566. The Labute approximate surface area is 68.2 Å². The van der Waals surface area contributed by atoms with Crippen LogP contribution in [0.5, 0.6) is 5.75 Å². The third-order valence-electron chi connectivity index (χ3n) is 1.60. The predicted molar refractivity (Wildman–Crippen MR) is 43.3 cm³/mol. The molecule has 2 aliphatic rings.